The Hall–Kier alpha value is -4.46. The fraction of sp³-hybridized carbons (Fsp3) is 0.353. The van der Waals surface area contributed by atoms with Gasteiger partial charge in [0.15, 0.2) is 0 Å². The first-order valence-corrected chi connectivity index (χ1v) is 14.4. The molecule has 8 heteroatoms. The van der Waals surface area contributed by atoms with Crippen molar-refractivity contribution in [2.24, 2.45) is 5.92 Å². The molecule has 1 aliphatic rings. The predicted molar refractivity (Wildman–Crippen MR) is 162 cm³/mol. The molecule has 3 aromatic carbocycles. The number of amides is 4. The molecule has 2 N–H and O–H groups in total. The molecule has 1 saturated heterocycles. The van der Waals surface area contributed by atoms with Crippen molar-refractivity contribution in [1.82, 2.24) is 20.4 Å². The van der Waals surface area contributed by atoms with Gasteiger partial charge in [0.1, 0.15) is 24.2 Å². The van der Waals surface area contributed by atoms with Crippen molar-refractivity contribution in [2.75, 3.05) is 14.1 Å². The van der Waals surface area contributed by atoms with Crippen LogP contribution in [0.2, 0.25) is 0 Å². The monoisotopic (exact) mass is 568 g/mol. The molecule has 0 saturated carbocycles. The molecule has 1 heterocycles. The molecule has 0 bridgehead atoms. The summed E-state index contributed by atoms with van der Waals surface area (Å²) in [7, 11) is 3.18. The Bertz CT molecular complexity index is 1320. The highest BCUT2D eigenvalue weighted by molar-refractivity contribution is 5.97. The minimum atomic E-state index is -0.946. The highest BCUT2D eigenvalue weighted by Crippen LogP contribution is 2.18. The fourth-order valence-corrected chi connectivity index (χ4v) is 5.34. The molecular formula is C34H40N4O4. The second-order valence-electron chi connectivity index (χ2n) is 11.3. The summed E-state index contributed by atoms with van der Waals surface area (Å²) < 4.78 is 0. The van der Waals surface area contributed by atoms with Crippen molar-refractivity contribution in [3.8, 4) is 0 Å². The SMILES string of the molecule is CC(C)[C@@H]1NC(=O)[C@@H](Cc2ccccc2)N(C)C(=O)[C@H](Cc2ccccc2)NC(=O)[C@@H](Cc2ccccc2)N(C)C1=O. The molecule has 1 aliphatic heterocycles. The van der Waals surface area contributed by atoms with Crippen LogP contribution in [0.3, 0.4) is 0 Å². The molecule has 0 unspecified atom stereocenters. The third kappa shape index (κ3) is 7.43. The first-order valence-electron chi connectivity index (χ1n) is 14.4. The predicted octanol–water partition coefficient (Wildman–Crippen LogP) is 3.01. The average Bonchev–Trinajstić information content (AvgIpc) is 3.00. The zero-order valence-corrected chi connectivity index (χ0v) is 24.7. The van der Waals surface area contributed by atoms with Crippen LogP contribution >= 0.6 is 0 Å². The van der Waals surface area contributed by atoms with Gasteiger partial charge < -0.3 is 20.4 Å². The lowest BCUT2D eigenvalue weighted by Crippen LogP contribution is -2.63. The summed E-state index contributed by atoms with van der Waals surface area (Å²) in [6.07, 6.45) is 0.749. The normalized spacial score (nSPS) is 22.3. The van der Waals surface area contributed by atoms with E-state index in [1.54, 1.807) is 14.1 Å². The third-order valence-electron chi connectivity index (χ3n) is 7.91. The number of hydrogen-bond acceptors (Lipinski definition) is 4. The second-order valence-corrected chi connectivity index (χ2v) is 11.3. The number of rotatable bonds is 7. The average molecular weight is 569 g/mol. The van der Waals surface area contributed by atoms with Gasteiger partial charge in [0, 0.05) is 33.4 Å². The molecule has 4 atom stereocenters. The minimum Gasteiger partial charge on any atom is -0.342 e. The summed E-state index contributed by atoms with van der Waals surface area (Å²) in [6, 6.07) is 24.7. The Morgan fingerprint density at radius 3 is 1.38 bits per heavy atom. The lowest BCUT2D eigenvalue weighted by Gasteiger charge is -2.37. The summed E-state index contributed by atoms with van der Waals surface area (Å²) in [6.45, 7) is 3.71. The van der Waals surface area contributed by atoms with Crippen molar-refractivity contribution >= 4 is 23.6 Å². The summed E-state index contributed by atoms with van der Waals surface area (Å²) in [5.41, 5.74) is 2.62. The molecule has 220 valence electrons. The van der Waals surface area contributed by atoms with Crippen LogP contribution in [0.25, 0.3) is 0 Å². The topological polar surface area (TPSA) is 98.8 Å². The van der Waals surface area contributed by atoms with Crippen molar-refractivity contribution in [3.63, 3.8) is 0 Å². The molecule has 42 heavy (non-hydrogen) atoms. The third-order valence-corrected chi connectivity index (χ3v) is 7.91. The van der Waals surface area contributed by atoms with Gasteiger partial charge in [-0.3, -0.25) is 19.2 Å². The van der Waals surface area contributed by atoms with Crippen LogP contribution in [0.4, 0.5) is 0 Å². The van der Waals surface area contributed by atoms with Crippen LogP contribution in [0.5, 0.6) is 0 Å². The van der Waals surface area contributed by atoms with E-state index in [2.05, 4.69) is 10.6 Å². The van der Waals surface area contributed by atoms with E-state index in [1.807, 2.05) is 105 Å². The van der Waals surface area contributed by atoms with E-state index < -0.39 is 36.0 Å². The van der Waals surface area contributed by atoms with Crippen LogP contribution in [-0.4, -0.2) is 71.7 Å². The van der Waals surface area contributed by atoms with Crippen molar-refractivity contribution in [2.45, 2.75) is 57.3 Å². The quantitative estimate of drug-likeness (QED) is 0.458. The van der Waals surface area contributed by atoms with Crippen molar-refractivity contribution in [1.29, 1.82) is 0 Å². The van der Waals surface area contributed by atoms with Crippen LogP contribution in [-0.2, 0) is 38.4 Å². The smallest absolute Gasteiger partial charge is 0.245 e. The molecule has 8 nitrogen and oxygen atoms in total. The molecule has 4 rings (SSSR count). The molecule has 0 spiro atoms. The maximum atomic E-state index is 14.1. The molecule has 0 radical (unpaired) electrons. The maximum Gasteiger partial charge on any atom is 0.245 e. The number of nitrogens with zero attached hydrogens (tertiary/aromatic N) is 2. The van der Waals surface area contributed by atoms with E-state index in [9.17, 15) is 19.2 Å². The Balaban J connectivity index is 1.77. The van der Waals surface area contributed by atoms with Crippen LogP contribution in [0, 0.1) is 5.92 Å². The van der Waals surface area contributed by atoms with Crippen molar-refractivity contribution in [3.05, 3.63) is 108 Å². The summed E-state index contributed by atoms with van der Waals surface area (Å²) in [5.74, 6) is -1.83. The highest BCUT2D eigenvalue weighted by Gasteiger charge is 2.40. The second kappa shape index (κ2) is 13.9. The standard InChI is InChI=1S/C34H40N4O4/c1-23(2)30-34(42)38(4)28(21-25-16-10-6-11-17-25)31(39)35-27(20-24-14-8-5-9-15-24)33(41)37(3)29(32(40)36-30)22-26-18-12-7-13-19-26/h5-19,23,27-30H,20-22H2,1-4H3,(H,35,39)(H,36,40)/t27-,28+,29+,30-/m0/s1. The number of carbonyl (C=O) groups excluding carboxylic acids is 4. The van der Waals surface area contributed by atoms with Crippen molar-refractivity contribution < 1.29 is 19.2 Å². The Morgan fingerprint density at radius 1 is 0.571 bits per heavy atom. The minimum absolute atomic E-state index is 0.236. The van der Waals surface area contributed by atoms with Gasteiger partial charge in [-0.05, 0) is 22.6 Å². The van der Waals surface area contributed by atoms with Gasteiger partial charge >= 0.3 is 0 Å². The van der Waals surface area contributed by atoms with Gasteiger partial charge in [-0.15, -0.1) is 0 Å². The lowest BCUT2D eigenvalue weighted by atomic mass is 9.96. The first-order chi connectivity index (χ1) is 20.2. The van der Waals surface area contributed by atoms with Crippen LogP contribution < -0.4 is 10.6 Å². The lowest BCUT2D eigenvalue weighted by molar-refractivity contribution is -0.148. The van der Waals surface area contributed by atoms with Gasteiger partial charge in [-0.2, -0.15) is 0 Å². The molecule has 1 fully saturated rings. The highest BCUT2D eigenvalue weighted by atomic mass is 16.2. The Kier molecular flexibility index (Phi) is 10.1. The van der Waals surface area contributed by atoms with Gasteiger partial charge in [-0.1, -0.05) is 105 Å². The molecule has 0 aliphatic carbocycles. The zero-order valence-electron chi connectivity index (χ0n) is 24.7. The zero-order chi connectivity index (χ0) is 30.2. The number of likely N-dealkylation sites (N-methyl/N-ethyl adjacent to an activating group) is 2. The maximum absolute atomic E-state index is 14.1. The van der Waals surface area contributed by atoms with E-state index >= 15 is 0 Å². The van der Waals surface area contributed by atoms with E-state index in [4.69, 9.17) is 0 Å². The molecule has 4 amide bonds. The summed E-state index contributed by atoms with van der Waals surface area (Å²) >= 11 is 0. The van der Waals surface area contributed by atoms with E-state index in [0.717, 1.165) is 16.7 Å². The van der Waals surface area contributed by atoms with Gasteiger partial charge in [0.2, 0.25) is 23.6 Å². The summed E-state index contributed by atoms with van der Waals surface area (Å²) in [4.78, 5) is 58.8. The number of hydrogen-bond donors (Lipinski definition) is 2. The Morgan fingerprint density at radius 2 is 0.952 bits per heavy atom. The van der Waals surface area contributed by atoms with E-state index in [-0.39, 0.29) is 37.0 Å². The summed E-state index contributed by atoms with van der Waals surface area (Å²) in [5, 5.41) is 5.92. The largest absolute Gasteiger partial charge is 0.342 e. The van der Waals surface area contributed by atoms with Gasteiger partial charge in [0.05, 0.1) is 0 Å². The van der Waals surface area contributed by atoms with Gasteiger partial charge in [0.25, 0.3) is 0 Å². The first kappa shape index (κ1) is 30.5. The van der Waals surface area contributed by atoms with E-state index in [0.29, 0.717) is 0 Å². The Labute approximate surface area is 248 Å². The van der Waals surface area contributed by atoms with E-state index in [1.165, 1.54) is 9.80 Å². The number of benzene rings is 3. The molecular weight excluding hydrogens is 528 g/mol. The number of nitrogens with one attached hydrogen (secondary N) is 2. The van der Waals surface area contributed by atoms with Gasteiger partial charge in [-0.25, -0.2) is 0 Å². The fourth-order valence-electron chi connectivity index (χ4n) is 5.34. The number of carbonyl (C=O) groups is 4. The molecule has 0 aromatic heterocycles. The van der Waals surface area contributed by atoms with Crippen LogP contribution in [0.1, 0.15) is 30.5 Å². The van der Waals surface area contributed by atoms with Crippen LogP contribution in [0.15, 0.2) is 91.0 Å². The molecule has 3 aromatic rings.